The van der Waals surface area contributed by atoms with Crippen molar-refractivity contribution in [1.82, 2.24) is 10.3 Å². The van der Waals surface area contributed by atoms with Crippen molar-refractivity contribution in [3.05, 3.63) is 23.6 Å². The van der Waals surface area contributed by atoms with Gasteiger partial charge in [0.25, 0.3) is 5.91 Å². The van der Waals surface area contributed by atoms with Gasteiger partial charge in [-0.15, -0.1) is 0 Å². The monoisotopic (exact) mass is 287 g/mol. The first-order valence-electron chi connectivity index (χ1n) is 5.96. The predicted molar refractivity (Wildman–Crippen MR) is 74.2 cm³/mol. The van der Waals surface area contributed by atoms with Crippen molar-refractivity contribution < 1.29 is 13.4 Å². The third-order valence-corrected chi connectivity index (χ3v) is 3.89. The lowest BCUT2D eigenvalue weighted by Gasteiger charge is -2.11. The Morgan fingerprint density at radius 3 is 2.84 bits per heavy atom. The summed E-state index contributed by atoms with van der Waals surface area (Å²) >= 11 is 0. The number of anilines is 1. The molecule has 7 heteroatoms. The number of nitrogens with zero attached hydrogens (tertiary/aromatic N) is 1. The molecular weight excluding hydrogens is 269 g/mol. The third-order valence-electron chi connectivity index (χ3n) is 2.59. The zero-order valence-corrected chi connectivity index (χ0v) is 12.0. The van der Waals surface area contributed by atoms with Gasteiger partial charge >= 0.3 is 0 Å². The number of hydrogen-bond donors (Lipinski definition) is 2. The largest absolute Gasteiger partial charge is 0.368 e. The molecule has 2 N–H and O–H groups in total. The van der Waals surface area contributed by atoms with E-state index in [2.05, 4.69) is 15.6 Å². The molecule has 1 aromatic rings. The van der Waals surface area contributed by atoms with Crippen molar-refractivity contribution >= 4 is 22.5 Å². The van der Waals surface area contributed by atoms with E-state index in [4.69, 9.17) is 0 Å². The maximum Gasteiger partial charge on any atom is 0.254 e. The Labute approximate surface area is 114 Å². The van der Waals surface area contributed by atoms with E-state index in [1.807, 2.05) is 6.92 Å². The Bertz CT molecular complexity index is 482. The average molecular weight is 287 g/mol. The molecule has 19 heavy (non-hydrogen) atoms. The van der Waals surface area contributed by atoms with Crippen molar-refractivity contribution in [1.29, 1.82) is 0 Å². The number of nitrogens with one attached hydrogen (secondary N) is 2. The Hall–Kier alpha value is -1.50. The molecule has 0 aliphatic rings. The van der Waals surface area contributed by atoms with Crippen molar-refractivity contribution in [2.75, 3.05) is 24.7 Å². The van der Waals surface area contributed by atoms with E-state index in [0.717, 1.165) is 0 Å². The number of amides is 1. The molecule has 0 bridgehead atoms. The Morgan fingerprint density at radius 2 is 2.26 bits per heavy atom. The summed E-state index contributed by atoms with van der Waals surface area (Å²) in [6.07, 6.45) is 2.94. The highest BCUT2D eigenvalue weighted by Gasteiger charge is 2.16. The van der Waals surface area contributed by atoms with Gasteiger partial charge in [-0.2, -0.15) is 0 Å². The second-order valence-electron chi connectivity index (χ2n) is 4.07. The molecule has 0 aliphatic carbocycles. The lowest BCUT2D eigenvalue weighted by Crippen LogP contribution is -2.33. The normalized spacial score (nSPS) is 13.7. The molecule has 0 fully saturated rings. The minimum Gasteiger partial charge on any atom is -0.368 e. The number of pyridine rings is 1. The summed E-state index contributed by atoms with van der Waals surface area (Å²) in [6, 6.07) is 1.32. The van der Waals surface area contributed by atoms with E-state index < -0.39 is 22.5 Å². The molecule has 1 aromatic heterocycles. The number of carbonyl (C=O) groups excluding carboxylic acids is 1. The minimum atomic E-state index is -1.03. The topological polar surface area (TPSA) is 71.1 Å². The second kappa shape index (κ2) is 7.18. The van der Waals surface area contributed by atoms with Crippen LogP contribution in [0.25, 0.3) is 0 Å². The summed E-state index contributed by atoms with van der Waals surface area (Å²) in [4.78, 5) is 15.7. The van der Waals surface area contributed by atoms with Gasteiger partial charge in [-0.3, -0.25) is 9.00 Å². The Kier molecular flexibility index (Phi) is 5.88. The summed E-state index contributed by atoms with van der Waals surface area (Å²) in [5.74, 6) is -1.15. The maximum absolute atomic E-state index is 13.9. The zero-order chi connectivity index (χ0) is 14.4. The summed E-state index contributed by atoms with van der Waals surface area (Å²) in [5, 5.41) is 5.12. The molecule has 0 radical (unpaired) electrons. The van der Waals surface area contributed by atoms with Gasteiger partial charge in [0.1, 0.15) is 0 Å². The van der Waals surface area contributed by atoms with Crippen molar-refractivity contribution in [3.8, 4) is 0 Å². The van der Waals surface area contributed by atoms with Gasteiger partial charge in [-0.25, -0.2) is 9.37 Å². The molecule has 1 heterocycles. The van der Waals surface area contributed by atoms with Crippen LogP contribution in [0.4, 0.5) is 10.2 Å². The van der Waals surface area contributed by atoms with Gasteiger partial charge < -0.3 is 10.6 Å². The Balaban J connectivity index is 2.77. The van der Waals surface area contributed by atoms with E-state index in [1.54, 1.807) is 13.2 Å². The first kappa shape index (κ1) is 15.6. The molecule has 2 atom stereocenters. The quantitative estimate of drug-likeness (QED) is 0.823. The lowest BCUT2D eigenvalue weighted by molar-refractivity contribution is 0.0950. The van der Waals surface area contributed by atoms with Crippen molar-refractivity contribution in [3.63, 3.8) is 0 Å². The Morgan fingerprint density at radius 1 is 1.58 bits per heavy atom. The lowest BCUT2D eigenvalue weighted by atomic mass is 10.2. The molecule has 5 nitrogen and oxygen atoms in total. The number of hydrogen-bond acceptors (Lipinski definition) is 4. The molecule has 1 rings (SSSR count). The van der Waals surface area contributed by atoms with E-state index in [9.17, 15) is 13.4 Å². The van der Waals surface area contributed by atoms with Gasteiger partial charge in [0, 0.05) is 41.6 Å². The van der Waals surface area contributed by atoms with Crippen molar-refractivity contribution in [2.45, 2.75) is 19.1 Å². The van der Waals surface area contributed by atoms with Crippen LogP contribution < -0.4 is 10.6 Å². The molecule has 0 spiro atoms. The molecule has 0 saturated heterocycles. The van der Waals surface area contributed by atoms with E-state index >= 15 is 0 Å². The molecule has 1 amide bonds. The standard InChI is InChI=1S/C12H18FN3O2S/c1-4-14-11-10(13)9(5-6-15-11)12(17)16-7-8(2)19(3)18/h5-6,8H,4,7H2,1-3H3,(H,14,15)(H,16,17). The molecule has 0 aromatic carbocycles. The van der Waals surface area contributed by atoms with Gasteiger partial charge in [0.15, 0.2) is 11.6 Å². The van der Waals surface area contributed by atoms with Gasteiger partial charge in [0.05, 0.1) is 5.56 Å². The van der Waals surface area contributed by atoms with Crippen LogP contribution in [0.1, 0.15) is 24.2 Å². The summed E-state index contributed by atoms with van der Waals surface area (Å²) < 4.78 is 25.1. The van der Waals surface area contributed by atoms with Crippen LogP contribution in [0.15, 0.2) is 12.3 Å². The first-order chi connectivity index (χ1) is 8.97. The third kappa shape index (κ3) is 4.27. The van der Waals surface area contributed by atoms with Crippen LogP contribution >= 0.6 is 0 Å². The molecular formula is C12H18FN3O2S. The minimum absolute atomic E-state index is 0.0577. The summed E-state index contributed by atoms with van der Waals surface area (Å²) in [7, 11) is -1.03. The second-order valence-corrected chi connectivity index (χ2v) is 5.87. The fourth-order valence-corrected chi connectivity index (χ4v) is 1.68. The highest BCUT2D eigenvalue weighted by molar-refractivity contribution is 7.84. The van der Waals surface area contributed by atoms with Crippen LogP contribution in [0.3, 0.4) is 0 Å². The summed E-state index contributed by atoms with van der Waals surface area (Å²) in [6.45, 7) is 4.32. The molecule has 0 aliphatic heterocycles. The van der Waals surface area contributed by atoms with Crippen LogP contribution in [-0.2, 0) is 10.8 Å². The van der Waals surface area contributed by atoms with Crippen LogP contribution in [0.2, 0.25) is 0 Å². The van der Waals surface area contributed by atoms with Gasteiger partial charge in [-0.1, -0.05) is 0 Å². The molecule has 106 valence electrons. The number of halogens is 1. The van der Waals surface area contributed by atoms with Gasteiger partial charge in [-0.05, 0) is 19.9 Å². The highest BCUT2D eigenvalue weighted by atomic mass is 32.2. The van der Waals surface area contributed by atoms with Crippen LogP contribution in [0.5, 0.6) is 0 Å². The highest BCUT2D eigenvalue weighted by Crippen LogP contribution is 2.14. The fourth-order valence-electron chi connectivity index (χ4n) is 1.36. The van der Waals surface area contributed by atoms with E-state index in [-0.39, 0.29) is 23.2 Å². The van der Waals surface area contributed by atoms with Crippen molar-refractivity contribution in [2.24, 2.45) is 0 Å². The number of rotatable bonds is 6. The maximum atomic E-state index is 13.9. The fraction of sp³-hybridized carbons (Fsp3) is 0.500. The van der Waals surface area contributed by atoms with E-state index in [0.29, 0.717) is 6.54 Å². The van der Waals surface area contributed by atoms with E-state index in [1.165, 1.54) is 12.3 Å². The van der Waals surface area contributed by atoms with Gasteiger partial charge in [0.2, 0.25) is 0 Å². The molecule has 2 unspecified atom stereocenters. The zero-order valence-electron chi connectivity index (χ0n) is 11.2. The predicted octanol–water partition coefficient (Wildman–Crippen LogP) is 1.15. The number of aromatic nitrogens is 1. The van der Waals surface area contributed by atoms with Crippen LogP contribution in [0, 0.1) is 5.82 Å². The SMILES string of the molecule is CCNc1nccc(C(=O)NCC(C)S(C)=O)c1F. The summed E-state index contributed by atoms with van der Waals surface area (Å²) in [5.41, 5.74) is -0.0694. The van der Waals surface area contributed by atoms with Crippen LogP contribution in [-0.4, -0.2) is 39.7 Å². The smallest absolute Gasteiger partial charge is 0.254 e. The number of carbonyl (C=O) groups is 1. The average Bonchev–Trinajstić information content (AvgIpc) is 2.38. The first-order valence-corrected chi connectivity index (χ1v) is 7.58. The molecule has 0 saturated carbocycles.